The van der Waals surface area contributed by atoms with Crippen molar-refractivity contribution in [3.8, 4) is 11.5 Å². The zero-order chi connectivity index (χ0) is 15.6. The highest BCUT2D eigenvalue weighted by atomic mass is 32.2. The fourth-order valence-electron chi connectivity index (χ4n) is 2.21. The Labute approximate surface area is 137 Å². The summed E-state index contributed by atoms with van der Waals surface area (Å²) >= 11 is 1.48. The minimum atomic E-state index is 0.440. The Morgan fingerprint density at radius 3 is 2.91 bits per heavy atom. The first-order chi connectivity index (χ1) is 11.3. The van der Waals surface area contributed by atoms with Gasteiger partial charge in [0.05, 0.1) is 6.04 Å². The molecule has 3 aromatic heterocycles. The second kappa shape index (κ2) is 6.04. The third-order valence-corrected chi connectivity index (χ3v) is 4.43. The van der Waals surface area contributed by atoms with E-state index in [1.165, 1.54) is 11.8 Å². The summed E-state index contributed by atoms with van der Waals surface area (Å²) in [4.78, 5) is 13.5. The standard InChI is InChI=1S/C15H15N7S/c1-2-10-9-13(18-14(17-10)12-5-3-4-8-16-12)23-15-19-20-21-22(15)11-6-7-11/h3-5,8-9,11H,2,6-7H2,1H3. The van der Waals surface area contributed by atoms with Crippen molar-refractivity contribution < 1.29 is 0 Å². The lowest BCUT2D eigenvalue weighted by molar-refractivity contribution is 0.565. The van der Waals surface area contributed by atoms with Crippen molar-refractivity contribution in [1.82, 2.24) is 35.2 Å². The van der Waals surface area contributed by atoms with Crippen LogP contribution in [-0.4, -0.2) is 35.2 Å². The Morgan fingerprint density at radius 1 is 1.26 bits per heavy atom. The molecule has 0 bridgehead atoms. The molecule has 0 aromatic carbocycles. The zero-order valence-electron chi connectivity index (χ0n) is 12.6. The second-order valence-electron chi connectivity index (χ2n) is 5.33. The van der Waals surface area contributed by atoms with Crippen LogP contribution in [0.15, 0.2) is 40.6 Å². The van der Waals surface area contributed by atoms with Crippen molar-refractivity contribution in [1.29, 1.82) is 0 Å². The Kier molecular flexibility index (Phi) is 3.74. The van der Waals surface area contributed by atoms with Gasteiger partial charge in [-0.05, 0) is 59.7 Å². The molecule has 1 aliphatic rings. The lowest BCUT2D eigenvalue weighted by Gasteiger charge is -2.06. The largest absolute Gasteiger partial charge is 0.253 e. The number of pyridine rings is 1. The van der Waals surface area contributed by atoms with Crippen molar-refractivity contribution in [2.75, 3.05) is 0 Å². The number of rotatable bonds is 5. The highest BCUT2D eigenvalue weighted by molar-refractivity contribution is 7.99. The van der Waals surface area contributed by atoms with Crippen LogP contribution in [0.3, 0.4) is 0 Å². The third kappa shape index (κ3) is 3.07. The van der Waals surface area contributed by atoms with E-state index < -0.39 is 0 Å². The first kappa shape index (κ1) is 14.3. The highest BCUT2D eigenvalue weighted by Crippen LogP contribution is 2.37. The molecule has 0 spiro atoms. The van der Waals surface area contributed by atoms with Gasteiger partial charge in [-0.25, -0.2) is 14.6 Å². The van der Waals surface area contributed by atoms with Crippen molar-refractivity contribution >= 4 is 11.8 Å². The van der Waals surface area contributed by atoms with Gasteiger partial charge >= 0.3 is 0 Å². The second-order valence-corrected chi connectivity index (χ2v) is 6.32. The summed E-state index contributed by atoms with van der Waals surface area (Å²) in [6.07, 6.45) is 4.87. The van der Waals surface area contributed by atoms with Gasteiger partial charge in [0.1, 0.15) is 10.7 Å². The van der Waals surface area contributed by atoms with Crippen LogP contribution in [0.2, 0.25) is 0 Å². The molecule has 23 heavy (non-hydrogen) atoms. The fraction of sp³-hybridized carbons (Fsp3) is 0.333. The molecule has 4 rings (SSSR count). The first-order valence-corrected chi connectivity index (χ1v) is 8.40. The molecule has 0 radical (unpaired) electrons. The number of aromatic nitrogens is 7. The molecular weight excluding hydrogens is 310 g/mol. The van der Waals surface area contributed by atoms with Crippen molar-refractivity contribution in [3.05, 3.63) is 36.2 Å². The van der Waals surface area contributed by atoms with Crippen LogP contribution < -0.4 is 0 Å². The van der Waals surface area contributed by atoms with Crippen molar-refractivity contribution in [2.45, 2.75) is 42.4 Å². The van der Waals surface area contributed by atoms with Crippen molar-refractivity contribution in [3.63, 3.8) is 0 Å². The maximum atomic E-state index is 4.63. The van der Waals surface area contributed by atoms with Gasteiger partial charge in [-0.15, -0.1) is 5.10 Å². The van der Waals surface area contributed by atoms with Crippen LogP contribution >= 0.6 is 11.8 Å². The van der Waals surface area contributed by atoms with Gasteiger partial charge in [-0.1, -0.05) is 13.0 Å². The fourth-order valence-corrected chi connectivity index (χ4v) is 3.08. The summed E-state index contributed by atoms with van der Waals surface area (Å²) in [5.41, 5.74) is 1.75. The molecule has 1 saturated carbocycles. The van der Waals surface area contributed by atoms with E-state index in [0.29, 0.717) is 11.9 Å². The number of hydrogen-bond donors (Lipinski definition) is 0. The van der Waals surface area contributed by atoms with Gasteiger partial charge in [0.2, 0.25) is 5.16 Å². The molecule has 0 saturated heterocycles. The summed E-state index contributed by atoms with van der Waals surface area (Å²) < 4.78 is 1.89. The smallest absolute Gasteiger partial charge is 0.215 e. The Balaban J connectivity index is 1.69. The van der Waals surface area contributed by atoms with Gasteiger partial charge < -0.3 is 0 Å². The van der Waals surface area contributed by atoms with Crippen molar-refractivity contribution in [2.24, 2.45) is 0 Å². The molecule has 3 heterocycles. The molecule has 1 aliphatic carbocycles. The predicted octanol–water partition coefficient (Wildman–Crippen LogP) is 2.57. The van der Waals surface area contributed by atoms with Gasteiger partial charge in [0.15, 0.2) is 5.82 Å². The van der Waals surface area contributed by atoms with Crippen LogP contribution in [0.5, 0.6) is 0 Å². The molecule has 0 amide bonds. The van der Waals surface area contributed by atoms with E-state index in [-0.39, 0.29) is 0 Å². The Hall–Kier alpha value is -2.35. The van der Waals surface area contributed by atoms with Crippen LogP contribution in [0.1, 0.15) is 31.5 Å². The quantitative estimate of drug-likeness (QED) is 0.667. The van der Waals surface area contributed by atoms with Crippen LogP contribution in [0, 0.1) is 0 Å². The molecule has 7 nitrogen and oxygen atoms in total. The summed E-state index contributed by atoms with van der Waals surface area (Å²) in [6, 6.07) is 8.16. The van der Waals surface area contributed by atoms with Crippen LogP contribution in [0.25, 0.3) is 11.5 Å². The summed E-state index contributed by atoms with van der Waals surface area (Å²) in [5.74, 6) is 0.637. The topological polar surface area (TPSA) is 82.3 Å². The monoisotopic (exact) mass is 325 g/mol. The average Bonchev–Trinajstić information content (AvgIpc) is 3.35. The van der Waals surface area contributed by atoms with Crippen LogP contribution in [-0.2, 0) is 6.42 Å². The van der Waals surface area contributed by atoms with Gasteiger partial charge in [-0.2, -0.15) is 0 Å². The predicted molar refractivity (Wildman–Crippen MR) is 84.9 cm³/mol. The van der Waals surface area contributed by atoms with E-state index in [1.807, 2.05) is 28.9 Å². The first-order valence-electron chi connectivity index (χ1n) is 7.58. The molecular formula is C15H15N7S. The Morgan fingerprint density at radius 2 is 2.17 bits per heavy atom. The summed E-state index contributed by atoms with van der Waals surface area (Å²) in [7, 11) is 0. The third-order valence-electron chi connectivity index (χ3n) is 3.56. The number of nitrogens with zero attached hydrogens (tertiary/aromatic N) is 7. The van der Waals surface area contributed by atoms with E-state index >= 15 is 0 Å². The minimum absolute atomic E-state index is 0.440. The summed E-state index contributed by atoms with van der Waals surface area (Å²) in [6.45, 7) is 2.08. The average molecular weight is 325 g/mol. The molecule has 0 unspecified atom stereocenters. The molecule has 0 atom stereocenters. The van der Waals surface area contributed by atoms with E-state index in [2.05, 4.69) is 37.4 Å². The highest BCUT2D eigenvalue weighted by Gasteiger charge is 2.28. The number of aryl methyl sites for hydroxylation is 1. The van der Waals surface area contributed by atoms with Gasteiger partial charge in [-0.3, -0.25) is 4.98 Å². The molecule has 116 valence electrons. The maximum Gasteiger partial charge on any atom is 0.215 e. The summed E-state index contributed by atoms with van der Waals surface area (Å²) in [5, 5.41) is 13.6. The molecule has 0 N–H and O–H groups in total. The van der Waals surface area contributed by atoms with E-state index in [4.69, 9.17) is 0 Å². The Bertz CT molecular complexity index is 814. The number of hydrogen-bond acceptors (Lipinski definition) is 7. The number of tetrazole rings is 1. The van der Waals surface area contributed by atoms with Gasteiger partial charge in [0.25, 0.3) is 0 Å². The van der Waals surface area contributed by atoms with Crippen LogP contribution in [0.4, 0.5) is 0 Å². The SMILES string of the molecule is CCc1cc(Sc2nnnn2C2CC2)nc(-c2ccccn2)n1. The maximum absolute atomic E-state index is 4.63. The zero-order valence-corrected chi connectivity index (χ0v) is 13.4. The molecule has 1 fully saturated rings. The van der Waals surface area contributed by atoms with E-state index in [0.717, 1.165) is 40.8 Å². The molecule has 8 heteroatoms. The van der Waals surface area contributed by atoms with Gasteiger partial charge in [0, 0.05) is 11.9 Å². The lowest BCUT2D eigenvalue weighted by atomic mass is 10.3. The van der Waals surface area contributed by atoms with E-state index in [9.17, 15) is 0 Å². The van der Waals surface area contributed by atoms with E-state index in [1.54, 1.807) is 6.20 Å². The molecule has 0 aliphatic heterocycles. The lowest BCUT2D eigenvalue weighted by Crippen LogP contribution is -2.01. The minimum Gasteiger partial charge on any atom is -0.253 e. The normalized spacial score (nSPS) is 14.1. The molecule has 3 aromatic rings.